The van der Waals surface area contributed by atoms with Gasteiger partial charge in [-0.05, 0) is 26.7 Å². The molecule has 1 aromatic heterocycles. The van der Waals surface area contributed by atoms with Crippen LogP contribution in [0.25, 0.3) is 0 Å². The minimum atomic E-state index is -0.656. The van der Waals surface area contributed by atoms with E-state index in [4.69, 9.17) is 4.74 Å². The molecule has 1 aromatic rings. The predicted octanol–water partition coefficient (Wildman–Crippen LogP) is 1.79. The fourth-order valence-electron chi connectivity index (χ4n) is 3.11. The van der Waals surface area contributed by atoms with Crippen molar-refractivity contribution in [2.75, 3.05) is 6.61 Å². The summed E-state index contributed by atoms with van der Waals surface area (Å²) in [5.74, 6) is -0.976. The fraction of sp³-hybridized carbons (Fsp3) is 0.688. The summed E-state index contributed by atoms with van der Waals surface area (Å²) in [6.45, 7) is 2.41. The number of amides is 1. The van der Waals surface area contributed by atoms with Crippen LogP contribution in [-0.4, -0.2) is 39.2 Å². The van der Waals surface area contributed by atoms with Crippen molar-refractivity contribution in [2.45, 2.75) is 65.0 Å². The van der Waals surface area contributed by atoms with Gasteiger partial charge in [0, 0.05) is 6.04 Å². The van der Waals surface area contributed by atoms with E-state index in [0.717, 1.165) is 25.7 Å². The Bertz CT molecular complexity index is 647. The zero-order valence-corrected chi connectivity index (χ0v) is 14.6. The maximum absolute atomic E-state index is 11.9. The number of carbonyl (C=O) groups excluding carboxylic acids is 2. The molecule has 2 rings (SSSR count). The van der Waals surface area contributed by atoms with Crippen LogP contribution in [0, 0.1) is 24.0 Å². The molecule has 9 heteroatoms. The van der Waals surface area contributed by atoms with Gasteiger partial charge in [0.15, 0.2) is 6.61 Å². The molecule has 9 nitrogen and oxygen atoms in total. The predicted molar refractivity (Wildman–Crippen MR) is 88.9 cm³/mol. The first-order chi connectivity index (χ1) is 11.9. The highest BCUT2D eigenvalue weighted by Gasteiger charge is 2.23. The summed E-state index contributed by atoms with van der Waals surface area (Å²) in [4.78, 5) is 34.2. The highest BCUT2D eigenvalue weighted by Crippen LogP contribution is 2.21. The van der Waals surface area contributed by atoms with Crippen LogP contribution in [0.4, 0.5) is 5.69 Å². The highest BCUT2D eigenvalue weighted by atomic mass is 16.6. The van der Waals surface area contributed by atoms with Crippen molar-refractivity contribution < 1.29 is 19.2 Å². The van der Waals surface area contributed by atoms with Gasteiger partial charge in [-0.1, -0.05) is 25.7 Å². The molecule has 0 aliphatic heterocycles. The summed E-state index contributed by atoms with van der Waals surface area (Å²) >= 11 is 0. The quantitative estimate of drug-likeness (QED) is 0.361. The van der Waals surface area contributed by atoms with Crippen LogP contribution in [0.3, 0.4) is 0 Å². The van der Waals surface area contributed by atoms with E-state index in [1.807, 2.05) is 0 Å². The number of aryl methyl sites for hydroxylation is 1. The van der Waals surface area contributed by atoms with Crippen LogP contribution < -0.4 is 5.32 Å². The average Bonchev–Trinajstić information content (AvgIpc) is 2.71. The minimum Gasteiger partial charge on any atom is -0.454 e. The van der Waals surface area contributed by atoms with Gasteiger partial charge in [0.2, 0.25) is 0 Å². The zero-order valence-electron chi connectivity index (χ0n) is 14.6. The minimum absolute atomic E-state index is 0.112. The molecular weight excluding hydrogens is 328 g/mol. The van der Waals surface area contributed by atoms with Crippen LogP contribution in [0.2, 0.25) is 0 Å². The maximum Gasteiger partial charge on any atom is 0.328 e. The summed E-state index contributed by atoms with van der Waals surface area (Å²) in [5.41, 5.74) is 0.405. The number of nitrogens with zero attached hydrogens (tertiary/aromatic N) is 3. The number of nitrogens with one attached hydrogen (secondary N) is 1. The Morgan fingerprint density at radius 1 is 1.28 bits per heavy atom. The van der Waals surface area contributed by atoms with Crippen LogP contribution in [0.15, 0.2) is 0 Å². The molecule has 1 aliphatic rings. The monoisotopic (exact) mass is 352 g/mol. The van der Waals surface area contributed by atoms with E-state index in [2.05, 4.69) is 10.4 Å². The lowest BCUT2D eigenvalue weighted by Gasteiger charge is -2.16. The van der Waals surface area contributed by atoms with Gasteiger partial charge in [-0.25, -0.2) is 0 Å². The number of aromatic nitrogens is 2. The first-order valence-electron chi connectivity index (χ1n) is 8.52. The molecule has 0 unspecified atom stereocenters. The first kappa shape index (κ1) is 18.9. The van der Waals surface area contributed by atoms with E-state index in [1.54, 1.807) is 0 Å². The normalized spacial score (nSPS) is 15.4. The Kier molecular flexibility index (Phi) is 6.49. The maximum atomic E-state index is 11.9. The summed E-state index contributed by atoms with van der Waals surface area (Å²) in [6.07, 6.45) is 6.49. The van der Waals surface area contributed by atoms with Gasteiger partial charge in [0.1, 0.15) is 17.9 Å². The number of nitro groups is 1. The van der Waals surface area contributed by atoms with Gasteiger partial charge in [0.25, 0.3) is 5.91 Å². The molecule has 0 saturated heterocycles. The lowest BCUT2D eigenvalue weighted by atomic mass is 10.1. The lowest BCUT2D eigenvalue weighted by Crippen LogP contribution is -2.37. The highest BCUT2D eigenvalue weighted by molar-refractivity contribution is 5.80. The van der Waals surface area contributed by atoms with Crippen LogP contribution in [0.1, 0.15) is 49.9 Å². The number of esters is 1. The van der Waals surface area contributed by atoms with Crippen molar-refractivity contribution in [2.24, 2.45) is 0 Å². The summed E-state index contributed by atoms with van der Waals surface area (Å²) in [7, 11) is 0. The van der Waals surface area contributed by atoms with Gasteiger partial charge in [-0.3, -0.25) is 24.4 Å². The molecule has 25 heavy (non-hydrogen) atoms. The van der Waals surface area contributed by atoms with Crippen molar-refractivity contribution in [1.29, 1.82) is 0 Å². The van der Waals surface area contributed by atoms with Crippen molar-refractivity contribution >= 4 is 17.6 Å². The van der Waals surface area contributed by atoms with Gasteiger partial charge in [-0.15, -0.1) is 0 Å². The Morgan fingerprint density at radius 3 is 2.48 bits per heavy atom. The van der Waals surface area contributed by atoms with Crippen LogP contribution in [0.5, 0.6) is 0 Å². The third-order valence-electron chi connectivity index (χ3n) is 4.39. The number of hydrogen-bond donors (Lipinski definition) is 1. The Labute approximate surface area is 145 Å². The third-order valence-corrected chi connectivity index (χ3v) is 4.39. The SMILES string of the molecule is Cc1nn(CC(=O)OCC(=O)NC2CCCCCC2)c(C)c1[N+](=O)[O-]. The summed E-state index contributed by atoms with van der Waals surface area (Å²) in [5, 5.41) is 17.8. The number of hydrogen-bond acceptors (Lipinski definition) is 6. The Balaban J connectivity index is 1.81. The fourth-order valence-corrected chi connectivity index (χ4v) is 3.11. The van der Waals surface area contributed by atoms with Crippen LogP contribution >= 0.6 is 0 Å². The molecule has 1 amide bonds. The second kappa shape index (κ2) is 8.59. The molecule has 1 heterocycles. The smallest absolute Gasteiger partial charge is 0.328 e. The average molecular weight is 352 g/mol. The van der Waals surface area contributed by atoms with Gasteiger partial charge in [-0.2, -0.15) is 5.10 Å². The second-order valence-electron chi connectivity index (χ2n) is 6.35. The largest absolute Gasteiger partial charge is 0.454 e. The van der Waals surface area contributed by atoms with Gasteiger partial charge < -0.3 is 10.1 Å². The van der Waals surface area contributed by atoms with Gasteiger partial charge in [0.05, 0.1) is 4.92 Å². The van der Waals surface area contributed by atoms with Crippen molar-refractivity contribution in [3.63, 3.8) is 0 Å². The number of carbonyl (C=O) groups is 2. The van der Waals surface area contributed by atoms with E-state index in [0.29, 0.717) is 0 Å². The zero-order chi connectivity index (χ0) is 18.4. The van der Waals surface area contributed by atoms with Crippen molar-refractivity contribution in [3.05, 3.63) is 21.5 Å². The number of ether oxygens (including phenoxy) is 1. The topological polar surface area (TPSA) is 116 Å². The Morgan fingerprint density at radius 2 is 1.92 bits per heavy atom. The van der Waals surface area contributed by atoms with E-state index in [1.165, 1.54) is 31.4 Å². The molecule has 0 atom stereocenters. The molecule has 0 spiro atoms. The van der Waals surface area contributed by atoms with Crippen LogP contribution in [-0.2, 0) is 20.9 Å². The molecular formula is C16H24N4O5. The molecule has 0 aromatic carbocycles. The Hall–Kier alpha value is -2.45. The second-order valence-corrected chi connectivity index (χ2v) is 6.35. The molecule has 1 fully saturated rings. The van der Waals surface area contributed by atoms with E-state index in [9.17, 15) is 19.7 Å². The van der Waals surface area contributed by atoms with Crippen molar-refractivity contribution in [3.8, 4) is 0 Å². The molecule has 1 aliphatic carbocycles. The molecule has 0 radical (unpaired) electrons. The van der Waals surface area contributed by atoms with E-state index in [-0.39, 0.29) is 42.2 Å². The van der Waals surface area contributed by atoms with Crippen molar-refractivity contribution in [1.82, 2.24) is 15.1 Å². The summed E-state index contributed by atoms with van der Waals surface area (Å²) in [6, 6.07) is 0.146. The molecule has 0 bridgehead atoms. The molecule has 1 saturated carbocycles. The molecule has 1 N–H and O–H groups in total. The number of rotatable bonds is 6. The lowest BCUT2D eigenvalue weighted by molar-refractivity contribution is -0.386. The standard InChI is InChI=1S/C16H24N4O5/c1-11-16(20(23)24)12(2)19(18-11)9-15(22)25-10-14(21)17-13-7-5-3-4-6-8-13/h13H,3-10H2,1-2H3,(H,17,21). The summed E-state index contributed by atoms with van der Waals surface area (Å²) < 4.78 is 6.18. The van der Waals surface area contributed by atoms with E-state index >= 15 is 0 Å². The molecule has 138 valence electrons. The first-order valence-corrected chi connectivity index (χ1v) is 8.52. The van der Waals surface area contributed by atoms with Gasteiger partial charge >= 0.3 is 11.7 Å². The van der Waals surface area contributed by atoms with E-state index < -0.39 is 10.9 Å². The third kappa shape index (κ3) is 5.27.